The van der Waals surface area contributed by atoms with E-state index in [1.165, 1.54) is 0 Å². The van der Waals surface area contributed by atoms with Crippen LogP contribution in [0.1, 0.15) is 23.2 Å². The van der Waals surface area contributed by atoms with Crippen molar-refractivity contribution in [2.45, 2.75) is 12.8 Å². The van der Waals surface area contributed by atoms with Gasteiger partial charge in [0, 0.05) is 19.8 Å². The van der Waals surface area contributed by atoms with Crippen LogP contribution in [-0.2, 0) is 4.74 Å². The predicted molar refractivity (Wildman–Crippen MR) is 64.6 cm³/mol. The Morgan fingerprint density at radius 3 is 2.67 bits per heavy atom. The van der Waals surface area contributed by atoms with E-state index in [4.69, 9.17) is 18.9 Å². The van der Waals surface area contributed by atoms with E-state index in [2.05, 4.69) is 0 Å². The number of benzene rings is 1. The number of aldehydes is 1. The maximum Gasteiger partial charge on any atom is 0.231 e. The van der Waals surface area contributed by atoms with Gasteiger partial charge in [0.1, 0.15) is 5.75 Å². The van der Waals surface area contributed by atoms with Crippen LogP contribution in [0, 0.1) is 0 Å². The molecule has 0 spiro atoms. The standard InChI is InChI=1S/C13H16O5/c1-15-4-2-3-5-16-11-7-13-12(17-9-18-13)6-10(11)8-14/h6-8H,2-5,9H2,1H3. The van der Waals surface area contributed by atoms with Crippen LogP contribution in [0.3, 0.4) is 0 Å². The predicted octanol–water partition coefficient (Wildman–Crippen LogP) is 2.03. The van der Waals surface area contributed by atoms with E-state index in [0.29, 0.717) is 36.0 Å². The largest absolute Gasteiger partial charge is 0.493 e. The van der Waals surface area contributed by atoms with Crippen molar-refractivity contribution in [1.82, 2.24) is 0 Å². The third-order valence-electron chi connectivity index (χ3n) is 2.63. The topological polar surface area (TPSA) is 54.0 Å². The van der Waals surface area contributed by atoms with E-state index in [-0.39, 0.29) is 6.79 Å². The van der Waals surface area contributed by atoms with E-state index < -0.39 is 0 Å². The minimum absolute atomic E-state index is 0.185. The summed E-state index contributed by atoms with van der Waals surface area (Å²) in [6.07, 6.45) is 2.56. The zero-order chi connectivity index (χ0) is 12.8. The highest BCUT2D eigenvalue weighted by Gasteiger charge is 2.17. The second kappa shape index (κ2) is 6.26. The van der Waals surface area contributed by atoms with Crippen molar-refractivity contribution in [3.8, 4) is 17.2 Å². The molecule has 5 heteroatoms. The second-order valence-corrected chi connectivity index (χ2v) is 3.91. The highest BCUT2D eigenvalue weighted by atomic mass is 16.7. The molecule has 0 saturated carbocycles. The molecule has 0 aromatic heterocycles. The Hall–Kier alpha value is -1.75. The van der Waals surface area contributed by atoms with Crippen molar-refractivity contribution in [3.63, 3.8) is 0 Å². The minimum atomic E-state index is 0.185. The lowest BCUT2D eigenvalue weighted by Gasteiger charge is -2.09. The average molecular weight is 252 g/mol. The highest BCUT2D eigenvalue weighted by molar-refractivity contribution is 5.81. The van der Waals surface area contributed by atoms with Gasteiger partial charge in [0.15, 0.2) is 17.8 Å². The Labute approximate surface area is 106 Å². The number of ether oxygens (including phenoxy) is 4. The van der Waals surface area contributed by atoms with Crippen molar-refractivity contribution >= 4 is 6.29 Å². The third-order valence-corrected chi connectivity index (χ3v) is 2.63. The van der Waals surface area contributed by atoms with Gasteiger partial charge in [-0.15, -0.1) is 0 Å². The number of hydrogen-bond acceptors (Lipinski definition) is 5. The molecule has 2 rings (SSSR count). The Morgan fingerprint density at radius 1 is 1.22 bits per heavy atom. The van der Waals surface area contributed by atoms with E-state index >= 15 is 0 Å². The van der Waals surface area contributed by atoms with E-state index in [9.17, 15) is 4.79 Å². The Kier molecular flexibility index (Phi) is 4.41. The van der Waals surface area contributed by atoms with Gasteiger partial charge in [-0.05, 0) is 18.9 Å². The molecular formula is C13H16O5. The van der Waals surface area contributed by atoms with Crippen LogP contribution in [0.2, 0.25) is 0 Å². The fourth-order valence-corrected chi connectivity index (χ4v) is 1.69. The number of unbranched alkanes of at least 4 members (excludes halogenated alkanes) is 1. The van der Waals surface area contributed by atoms with Gasteiger partial charge in [-0.25, -0.2) is 0 Å². The van der Waals surface area contributed by atoms with Crippen molar-refractivity contribution in [1.29, 1.82) is 0 Å². The Bertz CT molecular complexity index is 416. The first kappa shape index (κ1) is 12.7. The Balaban J connectivity index is 1.96. The SMILES string of the molecule is COCCCCOc1cc2c(cc1C=O)OCO2. The normalized spacial score (nSPS) is 12.5. The fraction of sp³-hybridized carbons (Fsp3) is 0.462. The number of methoxy groups -OCH3 is 1. The van der Waals surface area contributed by atoms with Crippen LogP contribution in [0.25, 0.3) is 0 Å². The number of carbonyl (C=O) groups excluding carboxylic acids is 1. The fourth-order valence-electron chi connectivity index (χ4n) is 1.69. The molecule has 0 radical (unpaired) electrons. The molecule has 1 aliphatic heterocycles. The first-order valence-corrected chi connectivity index (χ1v) is 5.85. The van der Waals surface area contributed by atoms with Crippen molar-refractivity contribution < 1.29 is 23.7 Å². The summed E-state index contributed by atoms with van der Waals surface area (Å²) >= 11 is 0. The Morgan fingerprint density at radius 2 is 1.94 bits per heavy atom. The van der Waals surface area contributed by atoms with Crippen LogP contribution in [0.5, 0.6) is 17.2 Å². The van der Waals surface area contributed by atoms with Crippen molar-refractivity contribution in [2.24, 2.45) is 0 Å². The number of carbonyl (C=O) groups is 1. The second-order valence-electron chi connectivity index (χ2n) is 3.91. The van der Waals surface area contributed by atoms with Gasteiger partial charge >= 0.3 is 0 Å². The van der Waals surface area contributed by atoms with Crippen molar-refractivity contribution in [2.75, 3.05) is 27.1 Å². The lowest BCUT2D eigenvalue weighted by molar-refractivity contribution is 0.111. The van der Waals surface area contributed by atoms with Gasteiger partial charge in [-0.1, -0.05) is 0 Å². The van der Waals surface area contributed by atoms with Gasteiger partial charge < -0.3 is 18.9 Å². The summed E-state index contributed by atoms with van der Waals surface area (Å²) in [5.74, 6) is 1.74. The summed E-state index contributed by atoms with van der Waals surface area (Å²) in [6, 6.07) is 3.34. The number of hydrogen-bond donors (Lipinski definition) is 0. The molecule has 1 aliphatic rings. The molecule has 1 aromatic carbocycles. The average Bonchev–Trinajstić information content (AvgIpc) is 2.84. The number of fused-ring (bicyclic) bond motifs is 1. The first-order chi connectivity index (χ1) is 8.85. The van der Waals surface area contributed by atoms with Gasteiger partial charge in [0.2, 0.25) is 6.79 Å². The highest BCUT2D eigenvalue weighted by Crippen LogP contribution is 2.37. The summed E-state index contributed by atoms with van der Waals surface area (Å²) in [5.41, 5.74) is 0.478. The molecule has 0 fully saturated rings. The zero-order valence-electron chi connectivity index (χ0n) is 10.3. The molecular weight excluding hydrogens is 236 g/mol. The van der Waals surface area contributed by atoms with Crippen molar-refractivity contribution in [3.05, 3.63) is 17.7 Å². The molecule has 5 nitrogen and oxygen atoms in total. The molecule has 0 saturated heterocycles. The van der Waals surface area contributed by atoms with Gasteiger partial charge in [-0.3, -0.25) is 4.79 Å². The summed E-state index contributed by atoms with van der Waals surface area (Å²) in [4.78, 5) is 11.0. The van der Waals surface area contributed by atoms with Crippen LogP contribution >= 0.6 is 0 Å². The molecule has 0 aliphatic carbocycles. The van der Waals surface area contributed by atoms with Crippen LogP contribution in [0.4, 0.5) is 0 Å². The molecule has 0 unspecified atom stereocenters. The molecule has 1 heterocycles. The molecule has 0 bridgehead atoms. The molecule has 0 N–H and O–H groups in total. The monoisotopic (exact) mass is 252 g/mol. The molecule has 0 atom stereocenters. The molecule has 18 heavy (non-hydrogen) atoms. The van der Waals surface area contributed by atoms with Gasteiger partial charge in [0.05, 0.1) is 12.2 Å². The van der Waals surface area contributed by atoms with Gasteiger partial charge in [0.25, 0.3) is 0 Å². The quantitative estimate of drug-likeness (QED) is 0.549. The molecule has 1 aromatic rings. The van der Waals surface area contributed by atoms with E-state index in [1.807, 2.05) is 0 Å². The first-order valence-electron chi connectivity index (χ1n) is 5.85. The lowest BCUT2D eigenvalue weighted by atomic mass is 10.2. The van der Waals surface area contributed by atoms with Gasteiger partial charge in [-0.2, -0.15) is 0 Å². The molecule has 0 amide bonds. The van der Waals surface area contributed by atoms with E-state index in [0.717, 1.165) is 19.1 Å². The van der Waals surface area contributed by atoms with E-state index in [1.54, 1.807) is 19.2 Å². The summed E-state index contributed by atoms with van der Waals surface area (Å²) in [5, 5.41) is 0. The maximum absolute atomic E-state index is 11.0. The number of rotatable bonds is 7. The third kappa shape index (κ3) is 2.92. The summed E-state index contributed by atoms with van der Waals surface area (Å²) in [6.45, 7) is 1.44. The van der Waals surface area contributed by atoms with Crippen LogP contribution in [-0.4, -0.2) is 33.4 Å². The minimum Gasteiger partial charge on any atom is -0.493 e. The zero-order valence-corrected chi connectivity index (χ0v) is 10.3. The summed E-state index contributed by atoms with van der Waals surface area (Å²) in [7, 11) is 1.67. The molecule has 98 valence electrons. The maximum atomic E-state index is 11.0. The van der Waals surface area contributed by atoms with Crippen LogP contribution < -0.4 is 14.2 Å². The lowest BCUT2D eigenvalue weighted by Crippen LogP contribution is -2.01. The smallest absolute Gasteiger partial charge is 0.231 e. The summed E-state index contributed by atoms with van der Waals surface area (Å²) < 4.78 is 21.0. The van der Waals surface area contributed by atoms with Crippen LogP contribution in [0.15, 0.2) is 12.1 Å².